The number of aromatic nitrogens is 1. The Morgan fingerprint density at radius 2 is 1.79 bits per heavy atom. The maximum absolute atomic E-state index is 4.69. The molecule has 0 amide bonds. The molecule has 19 heavy (non-hydrogen) atoms. The number of allylic oxidation sites excluding steroid dienone is 5. The number of nitrogens with zero attached hydrogens (tertiary/aromatic N) is 1. The van der Waals surface area contributed by atoms with Gasteiger partial charge in [0.1, 0.15) is 0 Å². The van der Waals surface area contributed by atoms with Crippen molar-refractivity contribution in [3.05, 3.63) is 85.1 Å². The highest BCUT2D eigenvalue weighted by Gasteiger charge is 2.01. The van der Waals surface area contributed by atoms with Crippen LogP contribution in [0.25, 0.3) is 16.8 Å². The predicted molar refractivity (Wildman–Crippen MR) is 82.7 cm³/mol. The summed E-state index contributed by atoms with van der Waals surface area (Å²) in [6.45, 7) is 5.71. The first-order chi connectivity index (χ1) is 9.31. The van der Waals surface area contributed by atoms with Crippen LogP contribution in [-0.4, -0.2) is 4.98 Å². The van der Waals surface area contributed by atoms with Crippen LogP contribution in [0.1, 0.15) is 12.6 Å². The van der Waals surface area contributed by atoms with Gasteiger partial charge in [-0.25, -0.2) is 4.98 Å². The summed E-state index contributed by atoms with van der Waals surface area (Å²) in [6.07, 6.45) is 7.68. The minimum absolute atomic E-state index is 0.995. The van der Waals surface area contributed by atoms with E-state index in [0.717, 1.165) is 22.5 Å². The molecule has 0 bridgehead atoms. The van der Waals surface area contributed by atoms with Gasteiger partial charge in [0.15, 0.2) is 0 Å². The third-order valence-corrected chi connectivity index (χ3v) is 2.82. The minimum Gasteiger partial charge on any atom is -0.248 e. The Morgan fingerprint density at radius 3 is 2.53 bits per heavy atom. The minimum atomic E-state index is 0.995. The van der Waals surface area contributed by atoms with Crippen LogP contribution in [0.4, 0.5) is 0 Å². The van der Waals surface area contributed by atoms with Gasteiger partial charge in [-0.3, -0.25) is 0 Å². The van der Waals surface area contributed by atoms with Crippen molar-refractivity contribution in [2.24, 2.45) is 0 Å². The topological polar surface area (TPSA) is 12.9 Å². The molecule has 0 atom stereocenters. The molecule has 0 saturated heterocycles. The van der Waals surface area contributed by atoms with Crippen LogP contribution in [0, 0.1) is 0 Å². The molecule has 1 aromatic heterocycles. The molecule has 0 saturated carbocycles. The fourth-order valence-corrected chi connectivity index (χ4v) is 1.79. The molecule has 94 valence electrons. The van der Waals surface area contributed by atoms with E-state index in [1.54, 1.807) is 6.08 Å². The second-order valence-corrected chi connectivity index (χ2v) is 4.24. The monoisotopic (exact) mass is 247 g/mol. The number of benzene rings is 1. The molecule has 0 N–H and O–H groups in total. The maximum Gasteiger partial charge on any atom is 0.0709 e. The summed E-state index contributed by atoms with van der Waals surface area (Å²) in [4.78, 5) is 4.69. The van der Waals surface area contributed by atoms with E-state index in [1.165, 1.54) is 0 Å². The summed E-state index contributed by atoms with van der Waals surface area (Å²) in [5.74, 6) is 0. The molecule has 1 nitrogen and oxygen atoms in total. The van der Waals surface area contributed by atoms with Gasteiger partial charge < -0.3 is 0 Å². The SMILES string of the molecule is C=C/C=C\C=C(/C)c1cccc(-c2ccccc2)n1. The Morgan fingerprint density at radius 1 is 1.00 bits per heavy atom. The van der Waals surface area contributed by atoms with Crippen LogP contribution in [0.15, 0.2) is 79.4 Å². The molecule has 0 radical (unpaired) electrons. The first-order valence-electron chi connectivity index (χ1n) is 6.30. The van der Waals surface area contributed by atoms with Crippen LogP contribution in [0.2, 0.25) is 0 Å². The van der Waals surface area contributed by atoms with E-state index in [4.69, 9.17) is 4.98 Å². The summed E-state index contributed by atoms with van der Waals surface area (Å²) < 4.78 is 0. The van der Waals surface area contributed by atoms with Gasteiger partial charge >= 0.3 is 0 Å². The number of hydrogen-bond acceptors (Lipinski definition) is 1. The molecule has 1 aromatic carbocycles. The molecule has 2 aromatic rings. The zero-order valence-corrected chi connectivity index (χ0v) is 11.1. The average Bonchev–Trinajstić information content (AvgIpc) is 2.48. The Balaban J connectivity index is 2.32. The number of hydrogen-bond donors (Lipinski definition) is 0. The lowest BCUT2D eigenvalue weighted by Crippen LogP contribution is -1.89. The number of pyridine rings is 1. The normalized spacial score (nSPS) is 11.7. The second-order valence-electron chi connectivity index (χ2n) is 4.24. The fourth-order valence-electron chi connectivity index (χ4n) is 1.79. The van der Waals surface area contributed by atoms with E-state index in [2.05, 4.69) is 25.6 Å². The van der Waals surface area contributed by atoms with Crippen LogP contribution in [0.3, 0.4) is 0 Å². The van der Waals surface area contributed by atoms with Gasteiger partial charge in [0, 0.05) is 5.56 Å². The van der Waals surface area contributed by atoms with Crippen molar-refractivity contribution in [1.29, 1.82) is 0 Å². The van der Waals surface area contributed by atoms with Crippen LogP contribution < -0.4 is 0 Å². The highest BCUT2D eigenvalue weighted by atomic mass is 14.7. The molecule has 0 aliphatic carbocycles. The van der Waals surface area contributed by atoms with Gasteiger partial charge in [-0.05, 0) is 24.6 Å². The lowest BCUT2D eigenvalue weighted by atomic mass is 10.1. The molecule has 0 unspecified atom stereocenters. The summed E-state index contributed by atoms with van der Waals surface area (Å²) >= 11 is 0. The van der Waals surface area contributed by atoms with E-state index < -0.39 is 0 Å². The Bertz CT molecular complexity index is 607. The first kappa shape index (κ1) is 13.0. The number of rotatable bonds is 4. The van der Waals surface area contributed by atoms with Gasteiger partial charge in [0.2, 0.25) is 0 Å². The molecule has 0 aliphatic rings. The zero-order chi connectivity index (χ0) is 13.5. The van der Waals surface area contributed by atoms with Crippen molar-refractivity contribution in [2.45, 2.75) is 6.92 Å². The van der Waals surface area contributed by atoms with Gasteiger partial charge in [0.25, 0.3) is 0 Å². The zero-order valence-electron chi connectivity index (χ0n) is 11.1. The molecule has 1 heteroatoms. The quantitative estimate of drug-likeness (QED) is 0.701. The van der Waals surface area contributed by atoms with E-state index in [9.17, 15) is 0 Å². The largest absolute Gasteiger partial charge is 0.248 e. The van der Waals surface area contributed by atoms with Crippen molar-refractivity contribution >= 4 is 5.57 Å². The molecule has 0 aliphatic heterocycles. The van der Waals surface area contributed by atoms with Gasteiger partial charge in [0.05, 0.1) is 11.4 Å². The molecular formula is C18H17N. The van der Waals surface area contributed by atoms with Crippen LogP contribution >= 0.6 is 0 Å². The van der Waals surface area contributed by atoms with E-state index in [-0.39, 0.29) is 0 Å². The third-order valence-electron chi connectivity index (χ3n) is 2.82. The van der Waals surface area contributed by atoms with Crippen molar-refractivity contribution in [2.75, 3.05) is 0 Å². The van der Waals surface area contributed by atoms with Crippen molar-refractivity contribution in [3.8, 4) is 11.3 Å². The van der Waals surface area contributed by atoms with Crippen molar-refractivity contribution in [1.82, 2.24) is 4.98 Å². The Labute approximate surface area is 114 Å². The lowest BCUT2D eigenvalue weighted by Gasteiger charge is -2.04. The highest BCUT2D eigenvalue weighted by Crippen LogP contribution is 2.19. The van der Waals surface area contributed by atoms with E-state index >= 15 is 0 Å². The standard InChI is InChI=1S/C18H17N/c1-3-4-6-10-15(2)17-13-9-14-18(19-17)16-11-7-5-8-12-16/h3-14H,1H2,2H3/b6-4-,15-10+. The summed E-state index contributed by atoms with van der Waals surface area (Å²) in [5, 5.41) is 0. The molecule has 0 spiro atoms. The van der Waals surface area contributed by atoms with E-state index in [0.29, 0.717) is 0 Å². The smallest absolute Gasteiger partial charge is 0.0709 e. The Kier molecular flexibility index (Phi) is 4.46. The van der Waals surface area contributed by atoms with Gasteiger partial charge in [-0.15, -0.1) is 0 Å². The summed E-state index contributed by atoms with van der Waals surface area (Å²) in [5.41, 5.74) is 4.27. The lowest BCUT2D eigenvalue weighted by molar-refractivity contribution is 1.27. The van der Waals surface area contributed by atoms with Crippen LogP contribution in [-0.2, 0) is 0 Å². The first-order valence-corrected chi connectivity index (χ1v) is 6.30. The Hall–Kier alpha value is -2.41. The van der Waals surface area contributed by atoms with Crippen molar-refractivity contribution in [3.63, 3.8) is 0 Å². The highest BCUT2D eigenvalue weighted by molar-refractivity contribution is 5.66. The van der Waals surface area contributed by atoms with Crippen LogP contribution in [0.5, 0.6) is 0 Å². The molecule has 1 heterocycles. The van der Waals surface area contributed by atoms with Crippen molar-refractivity contribution < 1.29 is 0 Å². The average molecular weight is 247 g/mol. The molecular weight excluding hydrogens is 230 g/mol. The molecule has 0 fully saturated rings. The molecule has 2 rings (SSSR count). The maximum atomic E-state index is 4.69. The van der Waals surface area contributed by atoms with Gasteiger partial charge in [-0.1, -0.05) is 67.3 Å². The van der Waals surface area contributed by atoms with Gasteiger partial charge in [-0.2, -0.15) is 0 Å². The second kappa shape index (κ2) is 6.50. The fraction of sp³-hybridized carbons (Fsp3) is 0.0556. The summed E-state index contributed by atoms with van der Waals surface area (Å²) in [6, 6.07) is 16.3. The third kappa shape index (κ3) is 3.52. The predicted octanol–water partition coefficient (Wildman–Crippen LogP) is 4.89. The van der Waals surface area contributed by atoms with E-state index in [1.807, 2.05) is 54.6 Å². The summed E-state index contributed by atoms with van der Waals surface area (Å²) in [7, 11) is 0.